The van der Waals surface area contributed by atoms with Gasteiger partial charge in [0.25, 0.3) is 11.5 Å². The summed E-state index contributed by atoms with van der Waals surface area (Å²) in [4.78, 5) is 51.2. The number of esters is 1. The number of benzene rings is 1. The van der Waals surface area contributed by atoms with Crippen LogP contribution < -0.4 is 20.9 Å². The number of rotatable bonds is 12. The highest BCUT2D eigenvalue weighted by Crippen LogP contribution is 2.62. The summed E-state index contributed by atoms with van der Waals surface area (Å²) in [7, 11) is 0. The predicted octanol–water partition coefficient (Wildman–Crippen LogP) is 6.09. The molecule has 2 amide bonds. The van der Waals surface area contributed by atoms with Gasteiger partial charge in [-0.1, -0.05) is 18.2 Å². The Kier molecular flexibility index (Phi) is 8.96. The summed E-state index contributed by atoms with van der Waals surface area (Å²) < 4.78 is 20.0. The third-order valence-corrected chi connectivity index (χ3v) is 11.3. The van der Waals surface area contributed by atoms with E-state index in [1.165, 1.54) is 25.7 Å². The number of ether oxygens (including phenoxy) is 3. The second-order valence-corrected chi connectivity index (χ2v) is 17.7. The van der Waals surface area contributed by atoms with Crippen molar-refractivity contribution in [3.05, 3.63) is 70.4 Å². The molecule has 4 aromatic rings. The fraction of sp³-hybridized carbons (Fsp3) is 0.561. The van der Waals surface area contributed by atoms with E-state index in [4.69, 9.17) is 19.3 Å². The van der Waals surface area contributed by atoms with Crippen molar-refractivity contribution in [1.82, 2.24) is 30.0 Å². The van der Waals surface area contributed by atoms with E-state index < -0.39 is 23.3 Å². The number of alkyl carbamates (subject to hydrolysis) is 1. The van der Waals surface area contributed by atoms with Crippen LogP contribution in [0, 0.1) is 17.3 Å². The van der Waals surface area contributed by atoms with E-state index >= 15 is 0 Å². The topological polar surface area (TPSA) is 155 Å². The first kappa shape index (κ1) is 36.1. The fourth-order valence-corrected chi connectivity index (χ4v) is 8.57. The minimum Gasteiger partial charge on any atom is -0.488 e. The molecule has 8 rings (SSSR count). The van der Waals surface area contributed by atoms with E-state index in [9.17, 15) is 19.2 Å². The lowest BCUT2D eigenvalue weighted by atomic mass is 9.49. The fourth-order valence-electron chi connectivity index (χ4n) is 8.57. The molecule has 4 saturated carbocycles. The minimum atomic E-state index is -0.986. The van der Waals surface area contributed by atoms with Crippen LogP contribution >= 0.6 is 0 Å². The summed E-state index contributed by atoms with van der Waals surface area (Å²) in [6.45, 7) is 8.34. The van der Waals surface area contributed by atoms with Crippen molar-refractivity contribution in [2.75, 3.05) is 13.2 Å². The molecule has 1 aromatic carbocycles. The first-order valence-corrected chi connectivity index (χ1v) is 19.3. The highest BCUT2D eigenvalue weighted by molar-refractivity contribution is 6.00. The van der Waals surface area contributed by atoms with Gasteiger partial charge in [0.05, 0.1) is 40.6 Å². The van der Waals surface area contributed by atoms with Crippen molar-refractivity contribution in [2.45, 2.75) is 115 Å². The Morgan fingerprint density at radius 3 is 2.28 bits per heavy atom. The quantitative estimate of drug-likeness (QED) is 0.164. The molecule has 0 radical (unpaired) electrons. The van der Waals surface area contributed by atoms with E-state index in [1.54, 1.807) is 63.7 Å². The Balaban J connectivity index is 0.839. The van der Waals surface area contributed by atoms with Gasteiger partial charge in [0.2, 0.25) is 0 Å². The smallest absolute Gasteiger partial charge is 0.408 e. The number of hydrogen-bond donors (Lipinski definition) is 2. The molecule has 0 bridgehead atoms. The highest BCUT2D eigenvalue weighted by atomic mass is 16.6. The van der Waals surface area contributed by atoms with Gasteiger partial charge in [-0.05, 0) is 121 Å². The lowest BCUT2D eigenvalue weighted by Crippen LogP contribution is -2.55. The maximum atomic E-state index is 13.6. The van der Waals surface area contributed by atoms with Gasteiger partial charge in [-0.3, -0.25) is 14.4 Å². The number of aromatic nitrogens is 4. The molecule has 54 heavy (non-hydrogen) atoms. The van der Waals surface area contributed by atoms with Crippen LogP contribution in [0.25, 0.3) is 16.3 Å². The molecule has 0 unspecified atom stereocenters. The van der Waals surface area contributed by atoms with Crippen LogP contribution in [-0.2, 0) is 14.3 Å². The molecule has 0 aliphatic heterocycles. The van der Waals surface area contributed by atoms with Crippen LogP contribution in [0.1, 0.15) is 114 Å². The SMILES string of the molecule is CC(C)(C)OC(=O)NCC(=O)OC(C)(C)COc1ccc2c(C(=O)NC3CC4(C3)CC(c3nn(C(C5CC5)C5CC5)c(=O)c5ccccc35)C4)cnn2c1. The van der Waals surface area contributed by atoms with E-state index in [1.807, 2.05) is 22.9 Å². The number of carbonyl (C=O) groups is 3. The number of carbonyl (C=O) groups excluding carboxylic acids is 3. The van der Waals surface area contributed by atoms with Crippen molar-refractivity contribution < 1.29 is 28.6 Å². The molecular formula is C41H50N6O7. The van der Waals surface area contributed by atoms with E-state index in [-0.39, 0.29) is 42.1 Å². The Morgan fingerprint density at radius 2 is 1.61 bits per heavy atom. The summed E-state index contributed by atoms with van der Waals surface area (Å²) in [5.41, 5.74) is 0.804. The van der Waals surface area contributed by atoms with Gasteiger partial charge in [0.15, 0.2) is 0 Å². The summed E-state index contributed by atoms with van der Waals surface area (Å²) in [6, 6.07) is 11.9. The summed E-state index contributed by atoms with van der Waals surface area (Å²) in [6.07, 6.45) is 11.2. The zero-order valence-electron chi connectivity index (χ0n) is 31.7. The van der Waals surface area contributed by atoms with E-state index in [0.717, 1.165) is 42.1 Å². The maximum Gasteiger partial charge on any atom is 0.408 e. The number of hydrogen-bond acceptors (Lipinski definition) is 9. The average molecular weight is 739 g/mol. The summed E-state index contributed by atoms with van der Waals surface area (Å²) in [5, 5.41) is 16.9. The molecule has 3 heterocycles. The highest BCUT2D eigenvalue weighted by Gasteiger charge is 2.54. The number of amides is 2. The molecule has 4 fully saturated rings. The van der Waals surface area contributed by atoms with E-state index in [2.05, 4.69) is 21.8 Å². The molecule has 1 spiro atoms. The average Bonchev–Trinajstić information content (AvgIpc) is 4.03. The van der Waals surface area contributed by atoms with Crippen LogP contribution in [0.3, 0.4) is 0 Å². The number of nitrogens with zero attached hydrogens (tertiary/aromatic N) is 4. The molecule has 0 saturated heterocycles. The maximum absolute atomic E-state index is 13.6. The number of pyridine rings is 1. The van der Waals surface area contributed by atoms with Gasteiger partial charge in [0, 0.05) is 17.3 Å². The third kappa shape index (κ3) is 7.54. The molecule has 4 aliphatic carbocycles. The van der Waals surface area contributed by atoms with Gasteiger partial charge >= 0.3 is 12.1 Å². The van der Waals surface area contributed by atoms with Crippen molar-refractivity contribution in [3.8, 4) is 5.75 Å². The van der Waals surface area contributed by atoms with Gasteiger partial charge in [-0.15, -0.1) is 0 Å². The largest absolute Gasteiger partial charge is 0.488 e. The van der Waals surface area contributed by atoms with Crippen LogP contribution in [0.15, 0.2) is 53.6 Å². The van der Waals surface area contributed by atoms with Crippen molar-refractivity contribution in [2.24, 2.45) is 17.3 Å². The zero-order chi connectivity index (χ0) is 38.0. The van der Waals surface area contributed by atoms with Gasteiger partial charge in [-0.2, -0.15) is 10.2 Å². The molecule has 13 nitrogen and oxygen atoms in total. The van der Waals surface area contributed by atoms with Gasteiger partial charge < -0.3 is 24.8 Å². The monoisotopic (exact) mass is 738 g/mol. The van der Waals surface area contributed by atoms with E-state index in [0.29, 0.717) is 34.6 Å². The lowest BCUT2D eigenvalue weighted by molar-refractivity contribution is -0.157. The van der Waals surface area contributed by atoms with Crippen LogP contribution in [0.2, 0.25) is 0 Å². The molecule has 0 atom stereocenters. The van der Waals surface area contributed by atoms with Gasteiger partial charge in [0.1, 0.15) is 30.1 Å². The second kappa shape index (κ2) is 13.4. The predicted molar refractivity (Wildman–Crippen MR) is 200 cm³/mol. The first-order valence-electron chi connectivity index (χ1n) is 19.3. The lowest BCUT2D eigenvalue weighted by Gasteiger charge is -2.57. The molecule has 2 N–H and O–H groups in total. The second-order valence-electron chi connectivity index (χ2n) is 17.7. The van der Waals surface area contributed by atoms with Crippen LogP contribution in [0.4, 0.5) is 4.79 Å². The molecule has 4 aliphatic rings. The Bertz CT molecular complexity index is 2150. The van der Waals surface area contributed by atoms with Crippen molar-refractivity contribution in [3.63, 3.8) is 0 Å². The van der Waals surface area contributed by atoms with Gasteiger partial charge in [-0.25, -0.2) is 14.0 Å². The van der Waals surface area contributed by atoms with Crippen molar-refractivity contribution >= 4 is 34.3 Å². The number of nitrogens with one attached hydrogen (secondary N) is 2. The van der Waals surface area contributed by atoms with Crippen LogP contribution in [0.5, 0.6) is 5.75 Å². The molecule has 3 aromatic heterocycles. The first-order chi connectivity index (χ1) is 25.7. The summed E-state index contributed by atoms with van der Waals surface area (Å²) in [5.74, 6) is 1.19. The number of fused-ring (bicyclic) bond motifs is 2. The Morgan fingerprint density at radius 1 is 0.926 bits per heavy atom. The molecule has 13 heteroatoms. The van der Waals surface area contributed by atoms with Crippen LogP contribution in [-0.4, -0.2) is 67.8 Å². The zero-order valence-corrected chi connectivity index (χ0v) is 31.7. The Labute approximate surface area is 314 Å². The summed E-state index contributed by atoms with van der Waals surface area (Å²) >= 11 is 0. The molecular weight excluding hydrogens is 688 g/mol. The normalized spacial score (nSPS) is 22.5. The molecule has 286 valence electrons. The van der Waals surface area contributed by atoms with Crippen molar-refractivity contribution in [1.29, 1.82) is 0 Å². The Hall–Kier alpha value is -4.94. The standard InChI is InChI=1S/C41H50N6O7/c1-39(2,3)54-38(51)42-21-33(48)53-40(4,5)23-52-28-14-15-32-31(20-43-46(32)22-28)36(49)44-27-18-41(19-27)16-26(17-41)34-29-8-6-7-9-30(29)37(50)47(45-34)35(24-10-11-24)25-12-13-25/h6-9,14-15,20,22,24-27,35H,10-13,16-19,21,23H2,1-5H3,(H,42,51)(H,44,49). The minimum absolute atomic E-state index is 0.0489. The third-order valence-electron chi connectivity index (χ3n) is 11.3.